The van der Waals surface area contributed by atoms with E-state index in [2.05, 4.69) is 27.8 Å². The van der Waals surface area contributed by atoms with Gasteiger partial charge in [-0.3, -0.25) is 14.6 Å². The van der Waals surface area contributed by atoms with Crippen LogP contribution in [0.2, 0.25) is 0 Å². The molecule has 0 atom stereocenters. The zero-order valence-electron chi connectivity index (χ0n) is 18.5. The Balaban J connectivity index is 1.40. The monoisotopic (exact) mass is 413 g/mol. The van der Waals surface area contributed by atoms with E-state index in [-0.39, 0.29) is 17.2 Å². The molecular formula is C23H35N5O2. The second-order valence-electron chi connectivity index (χ2n) is 8.66. The van der Waals surface area contributed by atoms with Crippen molar-refractivity contribution in [1.29, 1.82) is 0 Å². The number of hydrogen-bond donors (Lipinski definition) is 2. The number of aliphatic imine (C=N–C) groups is 1. The predicted octanol–water partition coefficient (Wildman–Crippen LogP) is 2.12. The summed E-state index contributed by atoms with van der Waals surface area (Å²) in [5, 5.41) is 6.62. The summed E-state index contributed by atoms with van der Waals surface area (Å²) in [6.07, 6.45) is 5.28. The van der Waals surface area contributed by atoms with Gasteiger partial charge in [0.15, 0.2) is 5.96 Å². The van der Waals surface area contributed by atoms with Crippen molar-refractivity contribution in [3.8, 4) is 0 Å². The van der Waals surface area contributed by atoms with Crippen LogP contribution in [0, 0.1) is 5.41 Å². The van der Waals surface area contributed by atoms with Crippen LogP contribution in [0.1, 0.15) is 49.7 Å². The van der Waals surface area contributed by atoms with E-state index in [1.807, 2.05) is 31.1 Å². The van der Waals surface area contributed by atoms with Gasteiger partial charge in [0.1, 0.15) is 0 Å². The molecule has 0 saturated heterocycles. The van der Waals surface area contributed by atoms with Gasteiger partial charge >= 0.3 is 0 Å². The van der Waals surface area contributed by atoms with Gasteiger partial charge in [0.25, 0.3) is 0 Å². The van der Waals surface area contributed by atoms with Crippen molar-refractivity contribution in [2.24, 2.45) is 10.4 Å². The lowest BCUT2D eigenvalue weighted by Gasteiger charge is -2.31. The molecule has 1 aromatic rings. The van der Waals surface area contributed by atoms with E-state index in [1.165, 1.54) is 11.1 Å². The Hall–Kier alpha value is -2.57. The highest BCUT2D eigenvalue weighted by atomic mass is 16.2. The summed E-state index contributed by atoms with van der Waals surface area (Å²) < 4.78 is 0. The molecule has 2 amide bonds. The molecular weight excluding hydrogens is 378 g/mol. The van der Waals surface area contributed by atoms with E-state index in [0.717, 1.165) is 32.1 Å². The highest BCUT2D eigenvalue weighted by molar-refractivity contribution is 5.85. The highest BCUT2D eigenvalue weighted by Gasteiger charge is 2.42. The summed E-state index contributed by atoms with van der Waals surface area (Å²) in [6, 6.07) is 8.24. The number of rotatable bonds is 7. The molecule has 2 aliphatic rings. The first-order chi connectivity index (χ1) is 14.4. The molecule has 7 nitrogen and oxygen atoms in total. The van der Waals surface area contributed by atoms with Crippen LogP contribution in [-0.2, 0) is 22.7 Å². The van der Waals surface area contributed by atoms with Crippen molar-refractivity contribution < 1.29 is 9.59 Å². The Morgan fingerprint density at radius 1 is 1.10 bits per heavy atom. The largest absolute Gasteiger partial charge is 0.356 e. The number of nitrogens with one attached hydrogen (secondary N) is 2. The maximum atomic E-state index is 12.7. The topological polar surface area (TPSA) is 77.0 Å². The van der Waals surface area contributed by atoms with E-state index >= 15 is 0 Å². The fourth-order valence-corrected chi connectivity index (χ4v) is 4.58. The molecule has 1 fully saturated rings. The van der Waals surface area contributed by atoms with Gasteiger partial charge in [-0.25, -0.2) is 0 Å². The van der Waals surface area contributed by atoms with Gasteiger partial charge in [0, 0.05) is 53.7 Å². The average Bonchev–Trinajstić information content (AvgIpc) is 3.40. The lowest BCUT2D eigenvalue weighted by atomic mass is 9.84. The molecule has 1 aliphatic heterocycles. The summed E-state index contributed by atoms with van der Waals surface area (Å²) in [5.74, 6) is 1.08. The zero-order chi connectivity index (χ0) is 21.6. The van der Waals surface area contributed by atoms with Crippen LogP contribution in [0.3, 0.4) is 0 Å². The Morgan fingerprint density at radius 3 is 2.30 bits per heavy atom. The average molecular weight is 414 g/mol. The van der Waals surface area contributed by atoms with Crippen LogP contribution in [0.5, 0.6) is 0 Å². The fourth-order valence-electron chi connectivity index (χ4n) is 4.58. The number of carbonyl (C=O) groups excluding carboxylic acids is 2. The van der Waals surface area contributed by atoms with Crippen molar-refractivity contribution in [1.82, 2.24) is 20.4 Å². The minimum absolute atomic E-state index is 0.192. The summed E-state index contributed by atoms with van der Waals surface area (Å²) >= 11 is 0. The van der Waals surface area contributed by atoms with E-state index in [0.29, 0.717) is 38.6 Å². The second kappa shape index (κ2) is 9.96. The van der Waals surface area contributed by atoms with Gasteiger partial charge in [0.2, 0.25) is 11.8 Å². The molecule has 0 radical (unpaired) electrons. The fraction of sp³-hybridized carbons (Fsp3) is 0.609. The molecule has 1 aromatic carbocycles. The molecule has 0 unspecified atom stereocenters. The van der Waals surface area contributed by atoms with Crippen molar-refractivity contribution in [3.05, 3.63) is 35.4 Å². The number of hydrogen-bond acceptors (Lipinski definition) is 3. The van der Waals surface area contributed by atoms with E-state index < -0.39 is 0 Å². The minimum atomic E-state index is -0.332. The Kier molecular flexibility index (Phi) is 7.34. The van der Waals surface area contributed by atoms with E-state index in [4.69, 9.17) is 0 Å². The standard InChI is InChI=1S/C23H35N5O2/c1-24-22(26-17-23(12-6-7-13-23)21(30)27(2)3)25-14-8-11-20(29)28-15-18-9-4-5-10-19(18)16-28/h4-5,9-10H,6-8,11-17H2,1-3H3,(H2,24,25,26). The normalized spacial score (nSPS) is 17.6. The maximum absolute atomic E-state index is 12.7. The Labute approximate surface area is 179 Å². The van der Waals surface area contributed by atoms with Gasteiger partial charge < -0.3 is 20.4 Å². The van der Waals surface area contributed by atoms with Crippen LogP contribution >= 0.6 is 0 Å². The number of carbonyl (C=O) groups is 2. The molecule has 3 rings (SSSR count). The first kappa shape index (κ1) is 22.1. The number of fused-ring (bicyclic) bond motifs is 1. The third kappa shape index (κ3) is 5.12. The van der Waals surface area contributed by atoms with Gasteiger partial charge in [-0.2, -0.15) is 0 Å². The molecule has 1 saturated carbocycles. The molecule has 2 N–H and O–H groups in total. The summed E-state index contributed by atoms with van der Waals surface area (Å²) in [5.41, 5.74) is 2.17. The Bertz CT molecular complexity index is 759. The number of nitrogens with zero attached hydrogens (tertiary/aromatic N) is 3. The third-order valence-electron chi connectivity index (χ3n) is 6.29. The molecule has 0 bridgehead atoms. The van der Waals surface area contributed by atoms with Gasteiger partial charge in [-0.15, -0.1) is 0 Å². The SMILES string of the molecule is CN=C(NCCCC(=O)N1Cc2ccccc2C1)NCC1(C(=O)N(C)C)CCCC1. The number of benzene rings is 1. The summed E-state index contributed by atoms with van der Waals surface area (Å²) in [4.78, 5) is 33.1. The van der Waals surface area contributed by atoms with Crippen molar-refractivity contribution >= 4 is 17.8 Å². The molecule has 7 heteroatoms. The second-order valence-corrected chi connectivity index (χ2v) is 8.66. The first-order valence-corrected chi connectivity index (χ1v) is 11.0. The van der Waals surface area contributed by atoms with Crippen LogP contribution in [-0.4, -0.2) is 61.8 Å². The zero-order valence-corrected chi connectivity index (χ0v) is 18.5. The number of guanidine groups is 1. The van der Waals surface area contributed by atoms with E-state index in [1.54, 1.807) is 11.9 Å². The molecule has 1 aliphatic carbocycles. The van der Waals surface area contributed by atoms with Crippen LogP contribution < -0.4 is 10.6 Å². The summed E-state index contributed by atoms with van der Waals surface area (Å²) in [6.45, 7) is 2.69. The van der Waals surface area contributed by atoms with Crippen LogP contribution in [0.15, 0.2) is 29.3 Å². The van der Waals surface area contributed by atoms with Crippen molar-refractivity contribution in [3.63, 3.8) is 0 Å². The molecule has 164 valence electrons. The lowest BCUT2D eigenvalue weighted by Crippen LogP contribution is -2.49. The van der Waals surface area contributed by atoms with Crippen LogP contribution in [0.4, 0.5) is 0 Å². The minimum Gasteiger partial charge on any atom is -0.356 e. The number of amides is 2. The van der Waals surface area contributed by atoms with Crippen LogP contribution in [0.25, 0.3) is 0 Å². The smallest absolute Gasteiger partial charge is 0.230 e. The van der Waals surface area contributed by atoms with Gasteiger partial charge in [-0.1, -0.05) is 37.1 Å². The van der Waals surface area contributed by atoms with Gasteiger partial charge in [0.05, 0.1) is 5.41 Å². The maximum Gasteiger partial charge on any atom is 0.230 e. The highest BCUT2D eigenvalue weighted by Crippen LogP contribution is 2.38. The van der Waals surface area contributed by atoms with Crippen molar-refractivity contribution in [2.75, 3.05) is 34.2 Å². The predicted molar refractivity (Wildman–Crippen MR) is 119 cm³/mol. The Morgan fingerprint density at radius 2 is 1.73 bits per heavy atom. The molecule has 30 heavy (non-hydrogen) atoms. The van der Waals surface area contributed by atoms with Crippen molar-refractivity contribution in [2.45, 2.75) is 51.6 Å². The quantitative estimate of drug-likeness (QED) is 0.408. The summed E-state index contributed by atoms with van der Waals surface area (Å²) in [7, 11) is 5.38. The third-order valence-corrected chi connectivity index (χ3v) is 6.29. The first-order valence-electron chi connectivity index (χ1n) is 11.0. The molecule has 0 aromatic heterocycles. The molecule has 0 spiro atoms. The van der Waals surface area contributed by atoms with E-state index in [9.17, 15) is 9.59 Å². The van der Waals surface area contributed by atoms with Gasteiger partial charge in [-0.05, 0) is 30.4 Å². The molecule has 1 heterocycles. The lowest BCUT2D eigenvalue weighted by molar-refractivity contribution is -0.139.